The summed E-state index contributed by atoms with van der Waals surface area (Å²) in [5.41, 5.74) is 2.43. The second-order valence-electron chi connectivity index (χ2n) is 5.38. The average molecular weight is 325 g/mol. The highest BCUT2D eigenvalue weighted by Crippen LogP contribution is 2.19. The zero-order valence-corrected chi connectivity index (χ0v) is 13.2. The topological polar surface area (TPSA) is 32.3 Å². The van der Waals surface area contributed by atoms with Crippen LogP contribution in [-0.2, 0) is 11.3 Å². The van der Waals surface area contributed by atoms with E-state index in [0.29, 0.717) is 18.9 Å². The number of carbonyl (C=O) groups excluding carboxylic acids is 1. The molecule has 0 radical (unpaired) electrons. The van der Waals surface area contributed by atoms with Gasteiger partial charge in [-0.2, -0.15) is 0 Å². The van der Waals surface area contributed by atoms with Gasteiger partial charge >= 0.3 is 0 Å². The zero-order chi connectivity index (χ0) is 13.8. The summed E-state index contributed by atoms with van der Waals surface area (Å²) in [5, 5.41) is 3.31. The van der Waals surface area contributed by atoms with Crippen molar-refractivity contribution in [2.45, 2.75) is 26.3 Å². The third-order valence-electron chi connectivity index (χ3n) is 3.77. The van der Waals surface area contributed by atoms with E-state index in [4.69, 9.17) is 0 Å². The van der Waals surface area contributed by atoms with Crippen molar-refractivity contribution in [2.75, 3.05) is 20.1 Å². The van der Waals surface area contributed by atoms with Crippen molar-refractivity contribution in [1.82, 2.24) is 10.2 Å². The van der Waals surface area contributed by atoms with Gasteiger partial charge in [0.1, 0.15) is 0 Å². The van der Waals surface area contributed by atoms with E-state index in [0.717, 1.165) is 24.0 Å². The summed E-state index contributed by atoms with van der Waals surface area (Å²) >= 11 is 3.48. The highest BCUT2D eigenvalue weighted by atomic mass is 79.9. The SMILES string of the molecule is Cc1ccc(Br)cc1CN(C)C(=O)CC1CCNC1. The Morgan fingerprint density at radius 1 is 1.53 bits per heavy atom. The smallest absolute Gasteiger partial charge is 0.222 e. The lowest BCUT2D eigenvalue weighted by molar-refractivity contribution is -0.131. The second-order valence-corrected chi connectivity index (χ2v) is 6.30. The molecule has 19 heavy (non-hydrogen) atoms. The Kier molecular flexibility index (Phi) is 4.99. The van der Waals surface area contributed by atoms with Crippen molar-refractivity contribution in [3.05, 3.63) is 33.8 Å². The molecule has 0 saturated carbocycles. The van der Waals surface area contributed by atoms with Gasteiger partial charge in [0.05, 0.1) is 0 Å². The van der Waals surface area contributed by atoms with Crippen molar-refractivity contribution in [3.63, 3.8) is 0 Å². The molecule has 4 heteroatoms. The van der Waals surface area contributed by atoms with Crippen LogP contribution in [0.4, 0.5) is 0 Å². The number of hydrogen-bond donors (Lipinski definition) is 1. The molecule has 1 aromatic rings. The summed E-state index contributed by atoms with van der Waals surface area (Å²) in [5.74, 6) is 0.756. The van der Waals surface area contributed by atoms with E-state index >= 15 is 0 Å². The number of benzene rings is 1. The largest absolute Gasteiger partial charge is 0.341 e. The van der Waals surface area contributed by atoms with E-state index < -0.39 is 0 Å². The summed E-state index contributed by atoms with van der Waals surface area (Å²) < 4.78 is 1.06. The first-order chi connectivity index (χ1) is 9.06. The van der Waals surface area contributed by atoms with Crippen LogP contribution in [-0.4, -0.2) is 30.9 Å². The molecule has 1 aromatic carbocycles. The maximum atomic E-state index is 12.2. The minimum atomic E-state index is 0.244. The number of rotatable bonds is 4. The fraction of sp³-hybridized carbons (Fsp3) is 0.533. The Morgan fingerprint density at radius 2 is 2.32 bits per heavy atom. The first kappa shape index (κ1) is 14.5. The minimum absolute atomic E-state index is 0.244. The van der Waals surface area contributed by atoms with Crippen LogP contribution >= 0.6 is 15.9 Å². The molecule has 1 atom stereocenters. The fourth-order valence-electron chi connectivity index (χ4n) is 2.45. The van der Waals surface area contributed by atoms with E-state index in [1.165, 1.54) is 11.1 Å². The number of amides is 1. The van der Waals surface area contributed by atoms with Crippen molar-refractivity contribution in [1.29, 1.82) is 0 Å². The molecule has 2 rings (SSSR count). The molecule has 0 spiro atoms. The number of carbonyl (C=O) groups is 1. The molecule has 3 nitrogen and oxygen atoms in total. The van der Waals surface area contributed by atoms with E-state index in [1.54, 1.807) is 0 Å². The van der Waals surface area contributed by atoms with Gasteiger partial charge in [0.15, 0.2) is 0 Å². The van der Waals surface area contributed by atoms with Gasteiger partial charge in [-0.15, -0.1) is 0 Å². The maximum absolute atomic E-state index is 12.2. The molecule has 1 amide bonds. The Bertz CT molecular complexity index is 455. The van der Waals surface area contributed by atoms with Crippen LogP contribution in [0.2, 0.25) is 0 Å². The molecule has 104 valence electrons. The molecule has 0 aromatic heterocycles. The van der Waals surface area contributed by atoms with Crippen molar-refractivity contribution < 1.29 is 4.79 Å². The third kappa shape index (κ3) is 4.05. The van der Waals surface area contributed by atoms with E-state index in [2.05, 4.69) is 40.3 Å². The highest BCUT2D eigenvalue weighted by molar-refractivity contribution is 9.10. The number of aryl methyl sites for hydroxylation is 1. The molecule has 1 N–H and O–H groups in total. The highest BCUT2D eigenvalue weighted by Gasteiger charge is 2.20. The Balaban J connectivity index is 1.93. The minimum Gasteiger partial charge on any atom is -0.341 e. The second kappa shape index (κ2) is 6.53. The van der Waals surface area contributed by atoms with Crippen LogP contribution in [0, 0.1) is 12.8 Å². The van der Waals surface area contributed by atoms with Gasteiger partial charge in [-0.1, -0.05) is 22.0 Å². The van der Waals surface area contributed by atoms with Crippen molar-refractivity contribution >= 4 is 21.8 Å². The number of nitrogens with zero attached hydrogens (tertiary/aromatic N) is 1. The fourth-order valence-corrected chi connectivity index (χ4v) is 2.85. The number of nitrogens with one attached hydrogen (secondary N) is 1. The molecule has 1 aliphatic rings. The molecule has 1 heterocycles. The first-order valence-electron chi connectivity index (χ1n) is 6.76. The van der Waals surface area contributed by atoms with Crippen LogP contribution in [0.25, 0.3) is 0 Å². The monoisotopic (exact) mass is 324 g/mol. The van der Waals surface area contributed by atoms with Crippen LogP contribution in [0.1, 0.15) is 24.0 Å². The first-order valence-corrected chi connectivity index (χ1v) is 7.55. The van der Waals surface area contributed by atoms with Gasteiger partial charge in [-0.05, 0) is 55.6 Å². The van der Waals surface area contributed by atoms with Gasteiger partial charge in [0.2, 0.25) is 5.91 Å². The maximum Gasteiger partial charge on any atom is 0.222 e. The van der Waals surface area contributed by atoms with Crippen molar-refractivity contribution in [3.8, 4) is 0 Å². The van der Waals surface area contributed by atoms with Gasteiger partial charge in [-0.25, -0.2) is 0 Å². The molecular formula is C15H21BrN2O. The van der Waals surface area contributed by atoms with Gasteiger partial charge in [-0.3, -0.25) is 4.79 Å². The number of halogens is 1. The molecule has 1 aliphatic heterocycles. The molecule has 1 saturated heterocycles. The summed E-state index contributed by atoms with van der Waals surface area (Å²) in [6.07, 6.45) is 1.78. The van der Waals surface area contributed by atoms with Crippen LogP contribution in [0.3, 0.4) is 0 Å². The lowest BCUT2D eigenvalue weighted by Gasteiger charge is -2.20. The summed E-state index contributed by atoms with van der Waals surface area (Å²) in [6.45, 7) is 4.80. The van der Waals surface area contributed by atoms with Gasteiger partial charge in [0.25, 0.3) is 0 Å². The Hall–Kier alpha value is -0.870. The van der Waals surface area contributed by atoms with Crippen LogP contribution in [0.5, 0.6) is 0 Å². The quantitative estimate of drug-likeness (QED) is 0.923. The Labute approximate surface area is 123 Å². The predicted molar refractivity (Wildman–Crippen MR) is 80.9 cm³/mol. The summed E-state index contributed by atoms with van der Waals surface area (Å²) in [6, 6.07) is 6.21. The number of hydrogen-bond acceptors (Lipinski definition) is 2. The lowest BCUT2D eigenvalue weighted by Crippen LogP contribution is -2.28. The normalized spacial score (nSPS) is 18.6. The molecule has 1 unspecified atom stereocenters. The van der Waals surface area contributed by atoms with Gasteiger partial charge < -0.3 is 10.2 Å². The summed E-state index contributed by atoms with van der Waals surface area (Å²) in [7, 11) is 1.89. The third-order valence-corrected chi connectivity index (χ3v) is 4.26. The standard InChI is InChI=1S/C15H21BrN2O/c1-11-3-4-14(16)8-13(11)10-18(2)15(19)7-12-5-6-17-9-12/h3-4,8,12,17H,5-7,9-10H2,1-2H3. The average Bonchev–Trinajstić information content (AvgIpc) is 2.86. The molecule has 1 fully saturated rings. The van der Waals surface area contributed by atoms with E-state index in [-0.39, 0.29) is 5.91 Å². The molecule has 0 bridgehead atoms. The molecular weight excluding hydrogens is 304 g/mol. The molecule has 0 aliphatic carbocycles. The van der Waals surface area contributed by atoms with E-state index in [9.17, 15) is 4.79 Å². The summed E-state index contributed by atoms with van der Waals surface area (Å²) in [4.78, 5) is 14.0. The zero-order valence-electron chi connectivity index (χ0n) is 11.6. The van der Waals surface area contributed by atoms with Crippen LogP contribution < -0.4 is 5.32 Å². The van der Waals surface area contributed by atoms with E-state index in [1.807, 2.05) is 18.0 Å². The Morgan fingerprint density at radius 3 is 3.00 bits per heavy atom. The van der Waals surface area contributed by atoms with Crippen LogP contribution in [0.15, 0.2) is 22.7 Å². The van der Waals surface area contributed by atoms with Crippen molar-refractivity contribution in [2.24, 2.45) is 5.92 Å². The predicted octanol–water partition coefficient (Wildman–Crippen LogP) is 2.72. The van der Waals surface area contributed by atoms with Gasteiger partial charge in [0, 0.05) is 24.5 Å². The lowest BCUT2D eigenvalue weighted by atomic mass is 10.0.